The SMILES string of the molecule is O=C1CCCCCCCC(=O)OCCCCCCCCCCCCCCCCCCCCO1. The number of carbonyl (C=O) groups excluding carboxylic acids is 2. The molecule has 1 rings (SSSR count). The van der Waals surface area contributed by atoms with E-state index >= 15 is 0 Å². The molecule has 4 nitrogen and oxygen atoms in total. The highest BCUT2D eigenvalue weighted by atomic mass is 16.5. The van der Waals surface area contributed by atoms with E-state index in [0.29, 0.717) is 26.1 Å². The molecule has 0 radical (unpaired) electrons. The fourth-order valence-electron chi connectivity index (χ4n) is 4.62. The maximum atomic E-state index is 11.8. The molecule has 0 aliphatic carbocycles. The van der Waals surface area contributed by atoms with Crippen molar-refractivity contribution < 1.29 is 19.1 Å². The first-order valence-electron chi connectivity index (χ1n) is 14.6. The van der Waals surface area contributed by atoms with Crippen LogP contribution in [-0.2, 0) is 19.1 Å². The van der Waals surface area contributed by atoms with Crippen LogP contribution in [0.15, 0.2) is 0 Å². The van der Waals surface area contributed by atoms with E-state index in [0.717, 1.165) is 44.9 Å². The van der Waals surface area contributed by atoms with E-state index in [1.165, 1.54) is 103 Å². The van der Waals surface area contributed by atoms with E-state index in [2.05, 4.69) is 0 Å². The van der Waals surface area contributed by atoms with Gasteiger partial charge in [0.05, 0.1) is 13.2 Å². The van der Waals surface area contributed by atoms with Crippen LogP contribution >= 0.6 is 0 Å². The molecule has 194 valence electrons. The maximum Gasteiger partial charge on any atom is 0.305 e. The Morgan fingerprint density at radius 1 is 0.303 bits per heavy atom. The number of hydrogen-bond donors (Lipinski definition) is 0. The van der Waals surface area contributed by atoms with E-state index in [1.54, 1.807) is 0 Å². The Kier molecular flexibility index (Phi) is 21.9. The third-order valence-electron chi connectivity index (χ3n) is 6.83. The van der Waals surface area contributed by atoms with Crippen molar-refractivity contribution in [3.8, 4) is 0 Å². The number of esters is 2. The fraction of sp³-hybridized carbons (Fsp3) is 0.931. The molecule has 0 amide bonds. The minimum absolute atomic E-state index is 0.0473. The van der Waals surface area contributed by atoms with E-state index in [1.807, 2.05) is 0 Å². The lowest BCUT2D eigenvalue weighted by Crippen LogP contribution is -2.06. The zero-order valence-electron chi connectivity index (χ0n) is 21.7. The molecule has 0 aromatic rings. The summed E-state index contributed by atoms with van der Waals surface area (Å²) in [5.41, 5.74) is 0. The van der Waals surface area contributed by atoms with Gasteiger partial charge in [-0.3, -0.25) is 9.59 Å². The highest BCUT2D eigenvalue weighted by Gasteiger charge is 2.05. The highest BCUT2D eigenvalue weighted by Crippen LogP contribution is 2.15. The first-order valence-corrected chi connectivity index (χ1v) is 14.6. The van der Waals surface area contributed by atoms with Crippen LogP contribution in [-0.4, -0.2) is 25.2 Å². The van der Waals surface area contributed by atoms with Gasteiger partial charge in [0.2, 0.25) is 0 Å². The van der Waals surface area contributed by atoms with Gasteiger partial charge >= 0.3 is 11.9 Å². The molecule has 0 atom stereocenters. The lowest BCUT2D eigenvalue weighted by molar-refractivity contribution is -0.144. The third-order valence-corrected chi connectivity index (χ3v) is 6.83. The number of hydrogen-bond acceptors (Lipinski definition) is 4. The summed E-state index contributed by atoms with van der Waals surface area (Å²) in [6.07, 6.45) is 29.4. The van der Waals surface area contributed by atoms with Crippen LogP contribution in [0.3, 0.4) is 0 Å². The second-order valence-electron chi connectivity index (χ2n) is 10.1. The van der Waals surface area contributed by atoms with Gasteiger partial charge in [0, 0.05) is 12.8 Å². The predicted molar refractivity (Wildman–Crippen MR) is 137 cm³/mol. The molecular formula is C29H54O4. The van der Waals surface area contributed by atoms with Gasteiger partial charge in [-0.1, -0.05) is 122 Å². The van der Waals surface area contributed by atoms with Crippen LogP contribution in [0, 0.1) is 0 Å². The normalized spacial score (nSPS) is 22.9. The summed E-state index contributed by atoms with van der Waals surface area (Å²) >= 11 is 0. The smallest absolute Gasteiger partial charge is 0.305 e. The molecule has 0 bridgehead atoms. The van der Waals surface area contributed by atoms with Crippen molar-refractivity contribution in [3.63, 3.8) is 0 Å². The van der Waals surface area contributed by atoms with E-state index < -0.39 is 0 Å². The quantitative estimate of drug-likeness (QED) is 0.335. The van der Waals surface area contributed by atoms with Crippen molar-refractivity contribution in [3.05, 3.63) is 0 Å². The van der Waals surface area contributed by atoms with E-state index in [-0.39, 0.29) is 11.9 Å². The fourth-order valence-corrected chi connectivity index (χ4v) is 4.62. The first kappa shape index (κ1) is 30.0. The standard InChI is InChI=1S/C29H54O4/c30-28-24-20-16-15-17-21-25-29(31)33-27-23-19-14-12-10-8-6-4-2-1-3-5-7-9-11-13-18-22-26-32-28/h1-27H2. The van der Waals surface area contributed by atoms with Gasteiger partial charge in [-0.2, -0.15) is 0 Å². The lowest BCUT2D eigenvalue weighted by atomic mass is 10.0. The second kappa shape index (κ2) is 24.1. The predicted octanol–water partition coefficient (Wildman–Crippen LogP) is 8.84. The van der Waals surface area contributed by atoms with Crippen molar-refractivity contribution in [1.82, 2.24) is 0 Å². The average Bonchev–Trinajstić information content (AvgIpc) is 2.81. The number of cyclic esters (lactones) is 2. The van der Waals surface area contributed by atoms with Crippen molar-refractivity contribution in [2.24, 2.45) is 0 Å². The minimum Gasteiger partial charge on any atom is -0.466 e. The minimum atomic E-state index is -0.0473. The molecule has 0 spiro atoms. The zero-order valence-corrected chi connectivity index (χ0v) is 21.7. The summed E-state index contributed by atoms with van der Waals surface area (Å²) in [7, 11) is 0. The van der Waals surface area contributed by atoms with Gasteiger partial charge in [-0.15, -0.1) is 0 Å². The zero-order chi connectivity index (χ0) is 23.7. The van der Waals surface area contributed by atoms with Gasteiger partial charge in [-0.25, -0.2) is 0 Å². The van der Waals surface area contributed by atoms with Gasteiger partial charge in [0.25, 0.3) is 0 Å². The van der Waals surface area contributed by atoms with Crippen molar-refractivity contribution in [1.29, 1.82) is 0 Å². The van der Waals surface area contributed by atoms with E-state index in [9.17, 15) is 9.59 Å². The molecule has 1 aliphatic rings. The average molecular weight is 467 g/mol. The Balaban J connectivity index is 2.12. The molecule has 0 saturated carbocycles. The summed E-state index contributed by atoms with van der Waals surface area (Å²) < 4.78 is 10.7. The summed E-state index contributed by atoms with van der Waals surface area (Å²) in [6.45, 7) is 1.17. The second-order valence-corrected chi connectivity index (χ2v) is 10.1. The Morgan fingerprint density at radius 3 is 0.788 bits per heavy atom. The topological polar surface area (TPSA) is 52.6 Å². The van der Waals surface area contributed by atoms with Crippen LogP contribution in [0.4, 0.5) is 0 Å². The monoisotopic (exact) mass is 466 g/mol. The van der Waals surface area contributed by atoms with Crippen LogP contribution in [0.5, 0.6) is 0 Å². The Morgan fingerprint density at radius 2 is 0.515 bits per heavy atom. The van der Waals surface area contributed by atoms with Crippen LogP contribution < -0.4 is 0 Å². The molecule has 0 N–H and O–H groups in total. The first-order chi connectivity index (χ1) is 16.3. The highest BCUT2D eigenvalue weighted by molar-refractivity contribution is 5.69. The van der Waals surface area contributed by atoms with Gasteiger partial charge in [0.1, 0.15) is 0 Å². The van der Waals surface area contributed by atoms with Crippen LogP contribution in [0.1, 0.15) is 161 Å². The molecule has 33 heavy (non-hydrogen) atoms. The van der Waals surface area contributed by atoms with E-state index in [4.69, 9.17) is 9.47 Å². The van der Waals surface area contributed by atoms with Gasteiger partial charge in [-0.05, 0) is 25.7 Å². The third kappa shape index (κ3) is 22.5. The Labute approximate surface area is 205 Å². The van der Waals surface area contributed by atoms with Gasteiger partial charge in [0.15, 0.2) is 0 Å². The Hall–Kier alpha value is -1.06. The maximum absolute atomic E-state index is 11.8. The Bertz CT molecular complexity index is 409. The molecule has 1 heterocycles. The summed E-state index contributed by atoms with van der Waals surface area (Å²) in [6, 6.07) is 0. The molecule has 0 aromatic carbocycles. The molecule has 1 saturated heterocycles. The molecule has 4 heteroatoms. The van der Waals surface area contributed by atoms with Crippen molar-refractivity contribution in [2.75, 3.05) is 13.2 Å². The lowest BCUT2D eigenvalue weighted by Gasteiger charge is -2.06. The molecule has 0 unspecified atom stereocenters. The van der Waals surface area contributed by atoms with Crippen molar-refractivity contribution >= 4 is 11.9 Å². The van der Waals surface area contributed by atoms with Gasteiger partial charge < -0.3 is 9.47 Å². The summed E-state index contributed by atoms with van der Waals surface area (Å²) in [5, 5.41) is 0. The summed E-state index contributed by atoms with van der Waals surface area (Å²) in [4.78, 5) is 23.6. The summed E-state index contributed by atoms with van der Waals surface area (Å²) in [5.74, 6) is -0.0946. The number of ether oxygens (including phenoxy) is 2. The van der Waals surface area contributed by atoms with Crippen molar-refractivity contribution in [2.45, 2.75) is 161 Å². The molecular weight excluding hydrogens is 412 g/mol. The molecule has 1 fully saturated rings. The van der Waals surface area contributed by atoms with Crippen LogP contribution in [0.2, 0.25) is 0 Å². The number of rotatable bonds is 0. The molecule has 0 aromatic heterocycles. The van der Waals surface area contributed by atoms with Crippen LogP contribution in [0.25, 0.3) is 0 Å². The number of carbonyl (C=O) groups is 2. The largest absolute Gasteiger partial charge is 0.466 e. The molecule has 1 aliphatic heterocycles.